The topological polar surface area (TPSA) is 59.6 Å². The molecule has 0 radical (unpaired) electrons. The van der Waals surface area contributed by atoms with Gasteiger partial charge < -0.3 is 5.32 Å². The Morgan fingerprint density at radius 3 is 1.87 bits per heavy atom. The van der Waals surface area contributed by atoms with E-state index in [9.17, 15) is 0 Å². The summed E-state index contributed by atoms with van der Waals surface area (Å²) < 4.78 is 0. The average Bonchev–Trinajstić information content (AvgIpc) is 2.57. The van der Waals surface area contributed by atoms with Gasteiger partial charge in [-0.05, 0) is 43.7 Å². The van der Waals surface area contributed by atoms with Crippen molar-refractivity contribution in [2.45, 2.75) is 13.8 Å². The molecule has 0 saturated carbocycles. The smallest absolute Gasteiger partial charge is 0.129 e. The molecule has 0 bridgehead atoms. The van der Waals surface area contributed by atoms with E-state index in [1.54, 1.807) is 6.08 Å². The molecule has 2 rings (SSSR count). The maximum Gasteiger partial charge on any atom is 0.129 e. The monoisotopic (exact) mass is 299 g/mol. The van der Waals surface area contributed by atoms with Crippen molar-refractivity contribution in [2.75, 3.05) is 5.32 Å². The molecule has 23 heavy (non-hydrogen) atoms. The van der Waals surface area contributed by atoms with Crippen LogP contribution in [-0.4, -0.2) is 0 Å². The lowest BCUT2D eigenvalue weighted by molar-refractivity contribution is 1.43. The molecule has 3 heteroatoms. The summed E-state index contributed by atoms with van der Waals surface area (Å²) in [6.45, 7) is 4.07. The summed E-state index contributed by atoms with van der Waals surface area (Å²) in [6.07, 6.45) is 3.28. The van der Waals surface area contributed by atoms with Gasteiger partial charge in [-0.15, -0.1) is 0 Å². The number of hydrogen-bond donors (Lipinski definition) is 1. The van der Waals surface area contributed by atoms with Crippen LogP contribution in [0.5, 0.6) is 0 Å². The summed E-state index contributed by atoms with van der Waals surface area (Å²) in [5.41, 5.74) is 5.20. The standard InChI is InChI=1S/C20H17N3/c1-15-3-8-18(9-4-15)20(12-7-17(13-21)14-22)23-19-10-5-16(2)6-11-19/h3-12,23H,1-2H3. The van der Waals surface area contributed by atoms with Crippen LogP contribution in [0.15, 0.2) is 66.3 Å². The normalized spacial score (nSPS) is 10.3. The van der Waals surface area contributed by atoms with E-state index >= 15 is 0 Å². The maximum atomic E-state index is 8.88. The summed E-state index contributed by atoms with van der Waals surface area (Å²) in [7, 11) is 0. The van der Waals surface area contributed by atoms with Crippen LogP contribution in [0.4, 0.5) is 5.69 Å². The van der Waals surface area contributed by atoms with E-state index in [1.165, 1.54) is 17.2 Å². The van der Waals surface area contributed by atoms with Gasteiger partial charge in [-0.25, -0.2) is 0 Å². The highest BCUT2D eigenvalue weighted by Gasteiger charge is 2.02. The van der Waals surface area contributed by atoms with Crippen LogP contribution in [0.3, 0.4) is 0 Å². The zero-order chi connectivity index (χ0) is 16.7. The number of anilines is 1. The Bertz CT molecular complexity index is 795. The Morgan fingerprint density at radius 2 is 1.35 bits per heavy atom. The van der Waals surface area contributed by atoms with Crippen molar-refractivity contribution in [3.05, 3.63) is 82.9 Å². The third-order valence-corrected chi connectivity index (χ3v) is 3.35. The lowest BCUT2D eigenvalue weighted by atomic mass is 10.1. The fourth-order valence-corrected chi connectivity index (χ4v) is 2.00. The summed E-state index contributed by atoms with van der Waals surface area (Å²) in [4.78, 5) is 0. The van der Waals surface area contributed by atoms with Crippen LogP contribution >= 0.6 is 0 Å². The Labute approximate surface area is 136 Å². The molecular formula is C20H17N3. The second kappa shape index (κ2) is 7.64. The van der Waals surface area contributed by atoms with Gasteiger partial charge in [0.2, 0.25) is 0 Å². The molecule has 1 N–H and O–H groups in total. The molecular weight excluding hydrogens is 282 g/mol. The van der Waals surface area contributed by atoms with Crippen LogP contribution in [0, 0.1) is 36.5 Å². The lowest BCUT2D eigenvalue weighted by Gasteiger charge is -2.12. The van der Waals surface area contributed by atoms with Crippen LogP contribution in [0.1, 0.15) is 16.7 Å². The third kappa shape index (κ3) is 4.59. The van der Waals surface area contributed by atoms with Gasteiger partial charge in [0.25, 0.3) is 0 Å². The second-order valence-corrected chi connectivity index (χ2v) is 5.24. The molecule has 0 atom stereocenters. The van der Waals surface area contributed by atoms with E-state index < -0.39 is 0 Å². The van der Waals surface area contributed by atoms with Crippen LogP contribution in [-0.2, 0) is 0 Å². The third-order valence-electron chi connectivity index (χ3n) is 3.35. The molecule has 2 aromatic carbocycles. The van der Waals surface area contributed by atoms with E-state index in [2.05, 4.69) is 5.32 Å². The molecule has 2 aromatic rings. The van der Waals surface area contributed by atoms with Gasteiger partial charge in [0, 0.05) is 11.4 Å². The molecule has 0 unspecified atom stereocenters. The van der Waals surface area contributed by atoms with Crippen molar-refractivity contribution < 1.29 is 0 Å². The Kier molecular flexibility index (Phi) is 5.34. The zero-order valence-corrected chi connectivity index (χ0v) is 13.2. The molecule has 0 aliphatic rings. The number of nitrogens with zero attached hydrogens (tertiary/aromatic N) is 2. The fraction of sp³-hybridized carbons (Fsp3) is 0.100. The molecule has 0 heterocycles. The van der Waals surface area contributed by atoms with Gasteiger partial charge in [-0.3, -0.25) is 0 Å². The SMILES string of the molecule is Cc1ccc(NC(=CC=C(C#N)C#N)c2ccc(C)cc2)cc1. The maximum absolute atomic E-state index is 8.88. The number of hydrogen-bond acceptors (Lipinski definition) is 3. The molecule has 0 saturated heterocycles. The minimum atomic E-state index is 0.0697. The van der Waals surface area contributed by atoms with Gasteiger partial charge >= 0.3 is 0 Å². The molecule has 0 fully saturated rings. The predicted molar refractivity (Wildman–Crippen MR) is 93.3 cm³/mol. The number of aryl methyl sites for hydroxylation is 2. The molecule has 0 aromatic heterocycles. The number of benzene rings is 2. The van der Waals surface area contributed by atoms with Gasteiger partial charge in [-0.1, -0.05) is 47.5 Å². The molecule has 0 amide bonds. The predicted octanol–water partition coefficient (Wildman–Crippen LogP) is 4.73. The first-order valence-electron chi connectivity index (χ1n) is 7.25. The van der Waals surface area contributed by atoms with Gasteiger partial charge in [0.05, 0.1) is 0 Å². The first-order chi connectivity index (χ1) is 11.1. The minimum Gasteiger partial charge on any atom is -0.355 e. The summed E-state index contributed by atoms with van der Waals surface area (Å²) in [6, 6.07) is 19.9. The highest BCUT2D eigenvalue weighted by molar-refractivity contribution is 5.78. The number of nitriles is 2. The van der Waals surface area contributed by atoms with Gasteiger partial charge in [0.15, 0.2) is 0 Å². The lowest BCUT2D eigenvalue weighted by Crippen LogP contribution is -1.99. The summed E-state index contributed by atoms with van der Waals surface area (Å²) in [5.74, 6) is 0. The summed E-state index contributed by atoms with van der Waals surface area (Å²) >= 11 is 0. The van der Waals surface area contributed by atoms with Crippen molar-refractivity contribution in [2.24, 2.45) is 0 Å². The van der Waals surface area contributed by atoms with E-state index in [0.29, 0.717) is 0 Å². The van der Waals surface area contributed by atoms with Crippen LogP contribution in [0.2, 0.25) is 0 Å². The largest absolute Gasteiger partial charge is 0.355 e. The molecule has 0 aliphatic carbocycles. The minimum absolute atomic E-state index is 0.0697. The first-order valence-corrected chi connectivity index (χ1v) is 7.25. The summed E-state index contributed by atoms with van der Waals surface area (Å²) in [5, 5.41) is 21.1. The van der Waals surface area contributed by atoms with E-state index in [1.807, 2.05) is 74.5 Å². The number of nitrogens with one attached hydrogen (secondary N) is 1. The highest BCUT2D eigenvalue weighted by atomic mass is 14.9. The van der Waals surface area contributed by atoms with Crippen molar-refractivity contribution in [3.63, 3.8) is 0 Å². The molecule has 3 nitrogen and oxygen atoms in total. The van der Waals surface area contributed by atoms with Crippen LogP contribution in [0.25, 0.3) is 5.70 Å². The van der Waals surface area contributed by atoms with E-state index in [-0.39, 0.29) is 5.57 Å². The van der Waals surface area contributed by atoms with Gasteiger partial charge in [0.1, 0.15) is 17.7 Å². The Balaban J connectivity index is 2.39. The van der Waals surface area contributed by atoms with Crippen LogP contribution < -0.4 is 5.32 Å². The number of allylic oxidation sites excluding steroid dienone is 3. The fourth-order valence-electron chi connectivity index (χ4n) is 2.00. The molecule has 0 spiro atoms. The Hall–Kier alpha value is -3.30. The van der Waals surface area contributed by atoms with Crippen molar-refractivity contribution in [3.8, 4) is 12.1 Å². The van der Waals surface area contributed by atoms with Crippen molar-refractivity contribution in [1.29, 1.82) is 10.5 Å². The van der Waals surface area contributed by atoms with E-state index in [0.717, 1.165) is 16.9 Å². The Morgan fingerprint density at radius 1 is 0.826 bits per heavy atom. The highest BCUT2D eigenvalue weighted by Crippen LogP contribution is 2.20. The quantitative estimate of drug-likeness (QED) is 0.656. The van der Waals surface area contributed by atoms with E-state index in [4.69, 9.17) is 10.5 Å². The molecule has 112 valence electrons. The molecule has 0 aliphatic heterocycles. The second-order valence-electron chi connectivity index (χ2n) is 5.24. The van der Waals surface area contributed by atoms with Gasteiger partial charge in [-0.2, -0.15) is 10.5 Å². The first kappa shape index (κ1) is 16.1. The zero-order valence-electron chi connectivity index (χ0n) is 13.2. The number of rotatable bonds is 4. The average molecular weight is 299 g/mol. The van der Waals surface area contributed by atoms with Crippen molar-refractivity contribution in [1.82, 2.24) is 0 Å². The van der Waals surface area contributed by atoms with Crippen molar-refractivity contribution >= 4 is 11.4 Å².